The van der Waals surface area contributed by atoms with Crippen LogP contribution in [0, 0.1) is 22.7 Å². The summed E-state index contributed by atoms with van der Waals surface area (Å²) in [5, 5.41) is 10.2. The van der Waals surface area contributed by atoms with Crippen LogP contribution in [0.4, 0.5) is 10.7 Å². The molecule has 0 saturated carbocycles. The van der Waals surface area contributed by atoms with Crippen LogP contribution >= 0.6 is 11.3 Å². The summed E-state index contributed by atoms with van der Waals surface area (Å²) in [7, 11) is 0. The van der Waals surface area contributed by atoms with E-state index in [-0.39, 0.29) is 17.1 Å². The number of nitrogens with zero attached hydrogens (tertiary/aromatic N) is 2. The Kier molecular flexibility index (Phi) is 3.79. The topological polar surface area (TPSA) is 70.1 Å². The summed E-state index contributed by atoms with van der Waals surface area (Å²) in [6, 6.07) is 2.17. The van der Waals surface area contributed by atoms with Gasteiger partial charge in [0.2, 0.25) is 0 Å². The third-order valence-corrected chi connectivity index (χ3v) is 5.03. The molecule has 0 spiro atoms. The molecule has 1 aliphatic heterocycles. The quantitative estimate of drug-likeness (QED) is 0.868. The summed E-state index contributed by atoms with van der Waals surface area (Å²) in [5.41, 5.74) is 7.10. The second kappa shape index (κ2) is 5.10. The van der Waals surface area contributed by atoms with Crippen LogP contribution in [0.3, 0.4) is 0 Å². The van der Waals surface area contributed by atoms with Crippen LogP contribution in [0.2, 0.25) is 0 Å². The smallest absolute Gasteiger partial charge is 0.177 e. The first-order valence-electron chi connectivity index (χ1n) is 6.88. The summed E-state index contributed by atoms with van der Waals surface area (Å²) in [5.74, 6) is -0.0842. The first-order chi connectivity index (χ1) is 9.26. The van der Waals surface area contributed by atoms with Crippen LogP contribution in [0.1, 0.15) is 49.4 Å². The average molecular weight is 291 g/mol. The number of carbonyl (C=O) groups excluding carboxylic acids is 1. The number of ketones is 1. The predicted octanol–water partition coefficient (Wildman–Crippen LogP) is 3.28. The summed E-state index contributed by atoms with van der Waals surface area (Å²) < 4.78 is 0. The molecule has 1 fully saturated rings. The fraction of sp³-hybridized carbons (Fsp3) is 0.600. The Morgan fingerprint density at radius 3 is 2.60 bits per heavy atom. The molecule has 1 saturated heterocycles. The molecule has 1 aromatic heterocycles. The number of thiophene rings is 1. The van der Waals surface area contributed by atoms with Crippen LogP contribution in [0.5, 0.6) is 0 Å². The van der Waals surface area contributed by atoms with Crippen molar-refractivity contribution < 1.29 is 4.79 Å². The Bertz CT molecular complexity index is 581. The maximum absolute atomic E-state index is 12.2. The predicted molar refractivity (Wildman–Crippen MR) is 83.2 cm³/mol. The molecule has 2 heterocycles. The van der Waals surface area contributed by atoms with Crippen LogP contribution in [-0.4, -0.2) is 18.9 Å². The van der Waals surface area contributed by atoms with Crippen LogP contribution in [-0.2, 0) is 0 Å². The lowest BCUT2D eigenvalue weighted by molar-refractivity contribution is 0.0944. The highest BCUT2D eigenvalue weighted by Crippen LogP contribution is 2.42. The zero-order valence-corrected chi connectivity index (χ0v) is 13.3. The van der Waals surface area contributed by atoms with Crippen molar-refractivity contribution in [2.24, 2.45) is 11.3 Å². The fourth-order valence-electron chi connectivity index (χ4n) is 2.49. The summed E-state index contributed by atoms with van der Waals surface area (Å²) >= 11 is 1.37. The number of Topliss-reactive ketones (excluding diaryl/α,β-unsaturated/α-hetero) is 1. The van der Waals surface area contributed by atoms with Crippen molar-refractivity contribution in [1.82, 2.24) is 0 Å². The van der Waals surface area contributed by atoms with Crippen molar-refractivity contribution in [3.63, 3.8) is 0 Å². The van der Waals surface area contributed by atoms with Gasteiger partial charge in [0.25, 0.3) is 0 Å². The maximum atomic E-state index is 12.2. The number of rotatable bonds is 3. The van der Waals surface area contributed by atoms with Crippen molar-refractivity contribution in [2.45, 2.75) is 34.1 Å². The maximum Gasteiger partial charge on any atom is 0.177 e. The van der Waals surface area contributed by atoms with E-state index in [1.165, 1.54) is 11.3 Å². The van der Waals surface area contributed by atoms with Gasteiger partial charge in [-0.25, -0.2) is 0 Å². The van der Waals surface area contributed by atoms with Gasteiger partial charge in [0.1, 0.15) is 16.6 Å². The normalized spacial score (nSPS) is 17.5. The molecular weight excluding hydrogens is 270 g/mol. The van der Waals surface area contributed by atoms with Gasteiger partial charge in [-0.1, -0.05) is 27.7 Å². The van der Waals surface area contributed by atoms with E-state index in [2.05, 4.69) is 24.8 Å². The summed E-state index contributed by atoms with van der Waals surface area (Å²) in [6.45, 7) is 9.96. The second-order valence-corrected chi connectivity index (χ2v) is 7.49. The van der Waals surface area contributed by atoms with Crippen molar-refractivity contribution in [2.75, 3.05) is 23.7 Å². The molecule has 2 N–H and O–H groups in total. The molecule has 0 bridgehead atoms. The van der Waals surface area contributed by atoms with E-state index in [4.69, 9.17) is 5.73 Å². The molecule has 0 aliphatic carbocycles. The van der Waals surface area contributed by atoms with E-state index < -0.39 is 0 Å². The molecule has 108 valence electrons. The fourth-order valence-corrected chi connectivity index (χ4v) is 3.78. The minimum atomic E-state index is -0.106. The van der Waals surface area contributed by atoms with Crippen molar-refractivity contribution >= 4 is 27.8 Å². The van der Waals surface area contributed by atoms with E-state index in [1.54, 1.807) is 0 Å². The highest BCUT2D eigenvalue weighted by atomic mass is 32.1. The molecule has 1 aromatic rings. The van der Waals surface area contributed by atoms with Crippen LogP contribution < -0.4 is 10.6 Å². The molecule has 0 aromatic carbocycles. The van der Waals surface area contributed by atoms with Gasteiger partial charge in [-0.2, -0.15) is 5.26 Å². The molecule has 0 amide bonds. The van der Waals surface area contributed by atoms with Crippen molar-refractivity contribution in [3.05, 3.63) is 10.4 Å². The molecule has 4 nitrogen and oxygen atoms in total. The van der Waals surface area contributed by atoms with E-state index in [1.807, 2.05) is 13.8 Å². The van der Waals surface area contributed by atoms with Gasteiger partial charge in [-0.15, -0.1) is 11.3 Å². The lowest BCUT2D eigenvalue weighted by Crippen LogP contribution is -2.22. The molecule has 0 radical (unpaired) electrons. The third-order valence-electron chi connectivity index (χ3n) is 3.75. The van der Waals surface area contributed by atoms with Crippen LogP contribution in [0.15, 0.2) is 0 Å². The molecule has 0 unspecified atom stereocenters. The van der Waals surface area contributed by atoms with E-state index in [0.717, 1.165) is 24.5 Å². The Hall–Kier alpha value is -1.54. The molecule has 20 heavy (non-hydrogen) atoms. The molecule has 2 rings (SSSR count). The zero-order valence-electron chi connectivity index (χ0n) is 12.5. The summed E-state index contributed by atoms with van der Waals surface area (Å²) in [4.78, 5) is 14.9. The number of nitriles is 1. The highest BCUT2D eigenvalue weighted by Gasteiger charge is 2.33. The Morgan fingerprint density at radius 2 is 2.15 bits per heavy atom. The van der Waals surface area contributed by atoms with Gasteiger partial charge in [-0.3, -0.25) is 4.79 Å². The third kappa shape index (κ3) is 2.53. The Balaban J connectivity index is 2.43. The van der Waals surface area contributed by atoms with E-state index in [0.29, 0.717) is 16.1 Å². The SMILES string of the molecule is CC(C)C(=O)c1sc(N2CCC(C)(C)C2)c(C#N)c1N. The second-order valence-electron chi connectivity index (χ2n) is 6.49. The molecule has 0 atom stereocenters. The number of carbonyl (C=O) groups is 1. The van der Waals surface area contributed by atoms with Gasteiger partial charge in [0, 0.05) is 19.0 Å². The first kappa shape index (κ1) is 14.9. The molecular formula is C15H21N3OS. The Labute approximate surface area is 124 Å². The van der Waals surface area contributed by atoms with Crippen LogP contribution in [0.25, 0.3) is 0 Å². The van der Waals surface area contributed by atoms with E-state index >= 15 is 0 Å². The zero-order chi connectivity index (χ0) is 15.1. The lowest BCUT2D eigenvalue weighted by atomic mass is 9.93. The molecule has 1 aliphatic rings. The molecule has 5 heteroatoms. The number of hydrogen-bond acceptors (Lipinski definition) is 5. The minimum absolute atomic E-state index is 0.0220. The van der Waals surface area contributed by atoms with Crippen molar-refractivity contribution in [3.8, 4) is 6.07 Å². The monoisotopic (exact) mass is 291 g/mol. The van der Waals surface area contributed by atoms with E-state index in [9.17, 15) is 10.1 Å². The number of nitrogens with two attached hydrogens (primary N) is 1. The standard InChI is InChI=1S/C15H21N3OS/c1-9(2)12(19)13-11(17)10(7-16)14(20-13)18-6-5-15(3,4)8-18/h9H,5-6,8,17H2,1-4H3. The van der Waals surface area contributed by atoms with Gasteiger partial charge < -0.3 is 10.6 Å². The number of hydrogen-bond donors (Lipinski definition) is 1. The minimum Gasteiger partial charge on any atom is -0.396 e. The van der Waals surface area contributed by atoms with Gasteiger partial charge in [0.15, 0.2) is 5.78 Å². The lowest BCUT2D eigenvalue weighted by Gasteiger charge is -2.20. The van der Waals surface area contributed by atoms with Crippen molar-refractivity contribution in [1.29, 1.82) is 5.26 Å². The summed E-state index contributed by atoms with van der Waals surface area (Å²) in [6.07, 6.45) is 1.09. The van der Waals surface area contributed by atoms with Gasteiger partial charge in [-0.05, 0) is 11.8 Å². The largest absolute Gasteiger partial charge is 0.396 e. The number of anilines is 2. The Morgan fingerprint density at radius 1 is 1.50 bits per heavy atom. The van der Waals surface area contributed by atoms with Gasteiger partial charge in [0.05, 0.1) is 10.6 Å². The number of nitrogen functional groups attached to an aromatic ring is 1. The first-order valence-corrected chi connectivity index (χ1v) is 7.70. The average Bonchev–Trinajstić information content (AvgIpc) is 2.88. The highest BCUT2D eigenvalue weighted by molar-refractivity contribution is 7.19. The van der Waals surface area contributed by atoms with Gasteiger partial charge >= 0.3 is 0 Å².